The van der Waals surface area contributed by atoms with Gasteiger partial charge in [0.15, 0.2) is 0 Å². The molecule has 3 aromatic rings. The molecule has 3 N–H and O–H groups in total. The van der Waals surface area contributed by atoms with Crippen molar-refractivity contribution in [3.63, 3.8) is 0 Å². The summed E-state index contributed by atoms with van der Waals surface area (Å²) in [6.07, 6.45) is 5.45. The molecule has 7 nitrogen and oxygen atoms in total. The summed E-state index contributed by atoms with van der Waals surface area (Å²) in [5.74, 6) is 3.11. The molecule has 3 rings (SSSR count). The van der Waals surface area contributed by atoms with Crippen LogP contribution in [0.15, 0.2) is 67.1 Å². The number of allylic oxidation sites excluding steroid dienone is 1. The summed E-state index contributed by atoms with van der Waals surface area (Å²) in [6, 6.07) is 14.7. The number of pyridine rings is 1. The number of nitrogens with one attached hydrogen (secondary N) is 1. The van der Waals surface area contributed by atoms with Crippen molar-refractivity contribution in [3.05, 3.63) is 72.8 Å². The van der Waals surface area contributed by atoms with Crippen molar-refractivity contribution in [2.45, 2.75) is 6.42 Å². The maximum absolute atomic E-state index is 5.74. The molecule has 0 radical (unpaired) electrons. The van der Waals surface area contributed by atoms with Crippen molar-refractivity contribution >= 4 is 11.6 Å². The number of methoxy groups -OCH3 is 1. The van der Waals surface area contributed by atoms with Crippen molar-refractivity contribution in [1.29, 1.82) is 0 Å². The van der Waals surface area contributed by atoms with E-state index in [1.807, 2.05) is 48.5 Å². The summed E-state index contributed by atoms with van der Waals surface area (Å²) in [6.45, 7) is 0. The van der Waals surface area contributed by atoms with E-state index in [9.17, 15) is 0 Å². The lowest BCUT2D eigenvalue weighted by atomic mass is 10.2. The van der Waals surface area contributed by atoms with E-state index in [1.54, 1.807) is 13.2 Å². The Bertz CT molecular complexity index is 881. The number of anilines is 2. The summed E-state index contributed by atoms with van der Waals surface area (Å²) in [4.78, 5) is 12.8. The van der Waals surface area contributed by atoms with Gasteiger partial charge in [0, 0.05) is 18.2 Å². The number of hydrogen-bond donors (Lipinski definition) is 2. The van der Waals surface area contributed by atoms with Crippen molar-refractivity contribution < 1.29 is 9.47 Å². The van der Waals surface area contributed by atoms with Crippen LogP contribution in [-0.4, -0.2) is 22.1 Å². The Hall–Kier alpha value is -3.61. The second kappa shape index (κ2) is 8.48. The normalized spacial score (nSPS) is 10.7. The first-order valence-electron chi connectivity index (χ1n) is 8.00. The van der Waals surface area contributed by atoms with E-state index in [4.69, 9.17) is 15.2 Å². The minimum absolute atomic E-state index is 0.426. The van der Waals surface area contributed by atoms with Crippen LogP contribution in [0, 0.1) is 0 Å². The van der Waals surface area contributed by atoms with Gasteiger partial charge in [-0.05, 0) is 42.6 Å². The lowest BCUT2D eigenvalue weighted by Gasteiger charge is -2.08. The molecule has 2 aromatic heterocycles. The van der Waals surface area contributed by atoms with E-state index in [2.05, 4.69) is 20.3 Å². The van der Waals surface area contributed by atoms with Crippen LogP contribution in [0.5, 0.6) is 17.4 Å². The molecule has 0 saturated heterocycles. The van der Waals surface area contributed by atoms with Crippen LogP contribution in [0.3, 0.4) is 0 Å². The molecule has 26 heavy (non-hydrogen) atoms. The van der Waals surface area contributed by atoms with Crippen LogP contribution in [0.25, 0.3) is 0 Å². The SMILES string of the molecule is COc1ccc(Oc2cc(Nc3cccc(CC=CN)n3)ncn2)cc1. The first-order valence-corrected chi connectivity index (χ1v) is 8.00. The molecule has 0 atom stereocenters. The molecule has 0 amide bonds. The Morgan fingerprint density at radius 3 is 2.62 bits per heavy atom. The molecule has 2 heterocycles. The minimum Gasteiger partial charge on any atom is -0.497 e. The van der Waals surface area contributed by atoms with Crippen LogP contribution >= 0.6 is 0 Å². The monoisotopic (exact) mass is 349 g/mol. The highest BCUT2D eigenvalue weighted by atomic mass is 16.5. The third-order valence-corrected chi connectivity index (χ3v) is 3.45. The standard InChI is InChI=1S/C19H19N5O2/c1-25-15-7-9-16(10-8-15)26-19-12-18(21-13-22-19)24-17-6-2-4-14(23-17)5-3-11-20/h2-4,6-13H,5,20H2,1H3,(H,21,22,23,24). The fourth-order valence-electron chi connectivity index (χ4n) is 2.21. The molecule has 0 aliphatic rings. The number of rotatable bonds is 7. The molecule has 132 valence electrons. The first kappa shape index (κ1) is 17.2. The predicted molar refractivity (Wildman–Crippen MR) is 99.7 cm³/mol. The van der Waals surface area contributed by atoms with E-state index < -0.39 is 0 Å². The third-order valence-electron chi connectivity index (χ3n) is 3.45. The zero-order chi connectivity index (χ0) is 18.2. The fraction of sp³-hybridized carbons (Fsp3) is 0.105. The molecule has 0 saturated carbocycles. The number of nitrogens with zero attached hydrogens (tertiary/aromatic N) is 3. The number of hydrogen-bond acceptors (Lipinski definition) is 7. The van der Waals surface area contributed by atoms with Gasteiger partial charge < -0.3 is 20.5 Å². The molecule has 0 bridgehead atoms. The van der Waals surface area contributed by atoms with E-state index in [0.29, 0.717) is 29.7 Å². The predicted octanol–water partition coefficient (Wildman–Crippen LogP) is 3.43. The van der Waals surface area contributed by atoms with Gasteiger partial charge in [0.05, 0.1) is 7.11 Å². The number of ether oxygens (including phenoxy) is 2. The molecular formula is C19H19N5O2. The van der Waals surface area contributed by atoms with Gasteiger partial charge in [0.25, 0.3) is 0 Å². The number of benzene rings is 1. The van der Waals surface area contributed by atoms with E-state index in [-0.39, 0.29) is 0 Å². The van der Waals surface area contributed by atoms with Gasteiger partial charge in [-0.3, -0.25) is 0 Å². The zero-order valence-corrected chi connectivity index (χ0v) is 14.3. The van der Waals surface area contributed by atoms with Gasteiger partial charge in [-0.1, -0.05) is 12.1 Å². The van der Waals surface area contributed by atoms with E-state index in [1.165, 1.54) is 12.5 Å². The summed E-state index contributed by atoms with van der Waals surface area (Å²) in [5.41, 5.74) is 6.28. The second-order valence-electron chi connectivity index (χ2n) is 5.29. The highest BCUT2D eigenvalue weighted by molar-refractivity contribution is 5.52. The molecular weight excluding hydrogens is 330 g/mol. The van der Waals surface area contributed by atoms with Crippen molar-refractivity contribution in [3.8, 4) is 17.4 Å². The van der Waals surface area contributed by atoms with Crippen LogP contribution in [-0.2, 0) is 6.42 Å². The lowest BCUT2D eigenvalue weighted by molar-refractivity contribution is 0.412. The Kier molecular flexibility index (Phi) is 5.61. The molecule has 0 aliphatic carbocycles. The lowest BCUT2D eigenvalue weighted by Crippen LogP contribution is -1.99. The first-order chi connectivity index (χ1) is 12.8. The van der Waals surface area contributed by atoms with Gasteiger partial charge in [0.2, 0.25) is 5.88 Å². The van der Waals surface area contributed by atoms with Gasteiger partial charge >= 0.3 is 0 Å². The van der Waals surface area contributed by atoms with E-state index in [0.717, 1.165) is 11.4 Å². The van der Waals surface area contributed by atoms with Crippen LogP contribution in [0.4, 0.5) is 11.6 Å². The zero-order valence-electron chi connectivity index (χ0n) is 14.3. The van der Waals surface area contributed by atoms with Crippen LogP contribution in [0.1, 0.15) is 5.69 Å². The van der Waals surface area contributed by atoms with Gasteiger partial charge in [-0.2, -0.15) is 0 Å². The number of nitrogens with two attached hydrogens (primary N) is 1. The fourth-order valence-corrected chi connectivity index (χ4v) is 2.21. The van der Waals surface area contributed by atoms with Crippen molar-refractivity contribution in [2.24, 2.45) is 5.73 Å². The largest absolute Gasteiger partial charge is 0.497 e. The Morgan fingerprint density at radius 2 is 1.85 bits per heavy atom. The molecule has 0 aliphatic heterocycles. The second-order valence-corrected chi connectivity index (χ2v) is 5.29. The molecule has 0 fully saturated rings. The Labute approximate surface area is 151 Å². The summed E-state index contributed by atoms with van der Waals surface area (Å²) in [7, 11) is 1.62. The van der Waals surface area contributed by atoms with Gasteiger partial charge in [-0.15, -0.1) is 0 Å². The average Bonchev–Trinajstić information content (AvgIpc) is 2.67. The highest BCUT2D eigenvalue weighted by Crippen LogP contribution is 2.24. The topological polar surface area (TPSA) is 95.2 Å². The summed E-state index contributed by atoms with van der Waals surface area (Å²) >= 11 is 0. The summed E-state index contributed by atoms with van der Waals surface area (Å²) < 4.78 is 10.9. The Morgan fingerprint density at radius 1 is 1.04 bits per heavy atom. The summed E-state index contributed by atoms with van der Waals surface area (Å²) in [5, 5.41) is 3.15. The van der Waals surface area contributed by atoms with Gasteiger partial charge in [-0.25, -0.2) is 15.0 Å². The third kappa shape index (κ3) is 4.70. The molecule has 1 aromatic carbocycles. The van der Waals surface area contributed by atoms with Crippen LogP contribution in [0.2, 0.25) is 0 Å². The van der Waals surface area contributed by atoms with E-state index >= 15 is 0 Å². The smallest absolute Gasteiger partial charge is 0.224 e. The molecule has 7 heteroatoms. The van der Waals surface area contributed by atoms with Crippen LogP contribution < -0.4 is 20.5 Å². The minimum atomic E-state index is 0.426. The Balaban J connectivity index is 1.70. The average molecular weight is 349 g/mol. The maximum atomic E-state index is 5.74. The number of aromatic nitrogens is 3. The highest BCUT2D eigenvalue weighted by Gasteiger charge is 2.04. The molecule has 0 spiro atoms. The van der Waals surface area contributed by atoms with Crippen molar-refractivity contribution in [1.82, 2.24) is 15.0 Å². The van der Waals surface area contributed by atoms with Crippen molar-refractivity contribution in [2.75, 3.05) is 12.4 Å². The molecule has 0 unspecified atom stereocenters. The van der Waals surface area contributed by atoms with Gasteiger partial charge in [0.1, 0.15) is 29.5 Å². The quantitative estimate of drug-likeness (QED) is 0.674. The maximum Gasteiger partial charge on any atom is 0.224 e.